The lowest BCUT2D eigenvalue weighted by atomic mass is 10.1. The van der Waals surface area contributed by atoms with Gasteiger partial charge >= 0.3 is 0 Å². The number of nitrogens with zero attached hydrogens (tertiary/aromatic N) is 1. The molecule has 3 heteroatoms. The second-order valence-electron chi connectivity index (χ2n) is 5.18. The molecule has 19 heavy (non-hydrogen) atoms. The van der Waals surface area contributed by atoms with Crippen molar-refractivity contribution in [1.29, 1.82) is 0 Å². The van der Waals surface area contributed by atoms with Crippen LogP contribution in [0.15, 0.2) is 30.6 Å². The number of thiophene rings is 1. The van der Waals surface area contributed by atoms with E-state index in [1.165, 1.54) is 42.5 Å². The lowest BCUT2D eigenvalue weighted by Gasteiger charge is -2.07. The van der Waals surface area contributed by atoms with Gasteiger partial charge in [-0.05, 0) is 61.4 Å². The van der Waals surface area contributed by atoms with Crippen molar-refractivity contribution in [3.05, 3.63) is 51.5 Å². The molecule has 2 aromatic heterocycles. The Kier molecular flexibility index (Phi) is 4.19. The van der Waals surface area contributed by atoms with Crippen molar-refractivity contribution < 1.29 is 0 Å². The number of halogens is 1. The highest BCUT2D eigenvalue weighted by atomic mass is 35.5. The maximum atomic E-state index is 6.59. The van der Waals surface area contributed by atoms with Crippen LogP contribution in [0.1, 0.15) is 45.5 Å². The summed E-state index contributed by atoms with van der Waals surface area (Å²) in [6, 6.07) is 6.45. The summed E-state index contributed by atoms with van der Waals surface area (Å²) in [4.78, 5) is 6.96. The molecule has 1 aliphatic carbocycles. The molecule has 1 aliphatic rings. The van der Waals surface area contributed by atoms with E-state index in [2.05, 4.69) is 11.1 Å². The molecule has 1 unspecified atom stereocenters. The fourth-order valence-electron chi connectivity index (χ4n) is 2.67. The smallest absolute Gasteiger partial charge is 0.0719 e. The minimum absolute atomic E-state index is 0.0966. The summed E-state index contributed by atoms with van der Waals surface area (Å²) in [5, 5.41) is 0.0966. The van der Waals surface area contributed by atoms with Gasteiger partial charge in [0, 0.05) is 22.1 Å². The standard InChI is InChI=1S/C16H18ClNS/c17-14(10-12-6-8-18-9-7-12)16-11-13-4-2-1-3-5-15(13)19-16/h6-9,11,14H,1-5,10H2. The molecule has 0 amide bonds. The van der Waals surface area contributed by atoms with Crippen LogP contribution >= 0.6 is 22.9 Å². The Labute approximate surface area is 123 Å². The second-order valence-corrected chi connectivity index (χ2v) is 6.88. The van der Waals surface area contributed by atoms with Crippen LogP contribution in [-0.4, -0.2) is 4.98 Å². The van der Waals surface area contributed by atoms with E-state index in [0.717, 1.165) is 6.42 Å². The SMILES string of the molecule is ClC(Cc1ccncc1)c1cc2c(s1)CCCCC2. The molecule has 2 aromatic rings. The molecule has 0 radical (unpaired) electrons. The summed E-state index contributed by atoms with van der Waals surface area (Å²) in [7, 11) is 0. The Morgan fingerprint density at radius 2 is 1.95 bits per heavy atom. The molecule has 2 heterocycles. The lowest BCUT2D eigenvalue weighted by Crippen LogP contribution is -1.93. The maximum Gasteiger partial charge on any atom is 0.0719 e. The summed E-state index contributed by atoms with van der Waals surface area (Å²) >= 11 is 8.52. The number of hydrogen-bond donors (Lipinski definition) is 0. The van der Waals surface area contributed by atoms with Crippen LogP contribution in [0.25, 0.3) is 0 Å². The van der Waals surface area contributed by atoms with Gasteiger partial charge in [-0.2, -0.15) is 0 Å². The van der Waals surface area contributed by atoms with Gasteiger partial charge in [-0.1, -0.05) is 6.42 Å². The van der Waals surface area contributed by atoms with E-state index >= 15 is 0 Å². The minimum Gasteiger partial charge on any atom is -0.265 e. The Hall–Kier alpha value is -0.860. The summed E-state index contributed by atoms with van der Waals surface area (Å²) < 4.78 is 0. The van der Waals surface area contributed by atoms with Crippen molar-refractivity contribution in [2.24, 2.45) is 0 Å². The number of rotatable bonds is 3. The van der Waals surface area contributed by atoms with E-state index in [9.17, 15) is 0 Å². The van der Waals surface area contributed by atoms with E-state index < -0.39 is 0 Å². The maximum absolute atomic E-state index is 6.59. The monoisotopic (exact) mass is 291 g/mol. The van der Waals surface area contributed by atoms with E-state index in [1.54, 1.807) is 10.4 Å². The third kappa shape index (κ3) is 3.18. The number of pyridine rings is 1. The number of aryl methyl sites for hydroxylation is 2. The summed E-state index contributed by atoms with van der Waals surface area (Å²) in [6.07, 6.45) is 11.1. The van der Waals surface area contributed by atoms with Gasteiger partial charge in [-0.15, -0.1) is 22.9 Å². The molecule has 0 spiro atoms. The van der Waals surface area contributed by atoms with Crippen LogP contribution < -0.4 is 0 Å². The lowest BCUT2D eigenvalue weighted by molar-refractivity contribution is 0.712. The van der Waals surface area contributed by atoms with E-state index in [-0.39, 0.29) is 5.38 Å². The van der Waals surface area contributed by atoms with Gasteiger partial charge in [-0.25, -0.2) is 0 Å². The molecule has 0 saturated heterocycles. The van der Waals surface area contributed by atoms with Crippen molar-refractivity contribution >= 4 is 22.9 Å². The van der Waals surface area contributed by atoms with Gasteiger partial charge in [0.25, 0.3) is 0 Å². The summed E-state index contributed by atoms with van der Waals surface area (Å²) in [6.45, 7) is 0. The van der Waals surface area contributed by atoms with E-state index in [1.807, 2.05) is 35.9 Å². The largest absolute Gasteiger partial charge is 0.265 e. The van der Waals surface area contributed by atoms with E-state index in [0.29, 0.717) is 0 Å². The molecule has 0 bridgehead atoms. The fraction of sp³-hybridized carbons (Fsp3) is 0.438. The van der Waals surface area contributed by atoms with Crippen LogP contribution in [-0.2, 0) is 19.3 Å². The Bertz CT molecular complexity index is 511. The number of aromatic nitrogens is 1. The topological polar surface area (TPSA) is 12.9 Å². The highest BCUT2D eigenvalue weighted by Gasteiger charge is 2.17. The summed E-state index contributed by atoms with van der Waals surface area (Å²) in [5.74, 6) is 0. The van der Waals surface area contributed by atoms with Crippen molar-refractivity contribution in [2.45, 2.75) is 43.9 Å². The third-order valence-electron chi connectivity index (χ3n) is 3.74. The second kappa shape index (κ2) is 6.06. The first kappa shape index (κ1) is 13.1. The molecule has 1 atom stereocenters. The van der Waals surface area contributed by atoms with Gasteiger partial charge in [-0.3, -0.25) is 4.98 Å². The summed E-state index contributed by atoms with van der Waals surface area (Å²) in [5.41, 5.74) is 2.82. The average Bonchev–Trinajstić information content (AvgIpc) is 2.72. The van der Waals surface area contributed by atoms with E-state index in [4.69, 9.17) is 11.6 Å². The quantitative estimate of drug-likeness (QED) is 0.577. The van der Waals surface area contributed by atoms with Crippen molar-refractivity contribution in [3.8, 4) is 0 Å². The molecule has 0 N–H and O–H groups in total. The normalized spacial score (nSPS) is 16.7. The van der Waals surface area contributed by atoms with Crippen molar-refractivity contribution in [2.75, 3.05) is 0 Å². The molecule has 0 aromatic carbocycles. The fourth-order valence-corrected chi connectivity index (χ4v) is 4.28. The van der Waals surface area contributed by atoms with Gasteiger partial charge in [0.05, 0.1) is 5.38 Å². The first-order valence-corrected chi connectivity index (χ1v) is 8.22. The Balaban J connectivity index is 1.75. The molecular formula is C16H18ClNS. The zero-order valence-electron chi connectivity index (χ0n) is 10.9. The van der Waals surface area contributed by atoms with Gasteiger partial charge in [0.15, 0.2) is 0 Å². The number of alkyl halides is 1. The molecule has 3 rings (SSSR count). The Morgan fingerprint density at radius 3 is 2.79 bits per heavy atom. The zero-order valence-corrected chi connectivity index (χ0v) is 12.5. The first-order chi connectivity index (χ1) is 9.33. The third-order valence-corrected chi connectivity index (χ3v) is 5.61. The van der Waals surface area contributed by atoms with Crippen LogP contribution in [0.2, 0.25) is 0 Å². The molecular weight excluding hydrogens is 274 g/mol. The van der Waals surface area contributed by atoms with Crippen LogP contribution in [0.4, 0.5) is 0 Å². The predicted octanol–water partition coefficient (Wildman–Crippen LogP) is 4.93. The Morgan fingerprint density at radius 1 is 1.16 bits per heavy atom. The molecule has 0 aliphatic heterocycles. The predicted molar refractivity (Wildman–Crippen MR) is 82.1 cm³/mol. The van der Waals surface area contributed by atoms with Crippen LogP contribution in [0.5, 0.6) is 0 Å². The van der Waals surface area contributed by atoms with Gasteiger partial charge in [0.1, 0.15) is 0 Å². The van der Waals surface area contributed by atoms with Crippen LogP contribution in [0, 0.1) is 0 Å². The zero-order chi connectivity index (χ0) is 13.1. The van der Waals surface area contributed by atoms with Gasteiger partial charge < -0.3 is 0 Å². The molecule has 0 fully saturated rings. The molecule has 1 nitrogen and oxygen atoms in total. The highest BCUT2D eigenvalue weighted by molar-refractivity contribution is 7.12. The average molecular weight is 292 g/mol. The van der Waals surface area contributed by atoms with Gasteiger partial charge in [0.2, 0.25) is 0 Å². The van der Waals surface area contributed by atoms with Crippen LogP contribution in [0.3, 0.4) is 0 Å². The number of fused-ring (bicyclic) bond motifs is 1. The minimum atomic E-state index is 0.0966. The first-order valence-electron chi connectivity index (χ1n) is 6.97. The number of hydrogen-bond acceptors (Lipinski definition) is 2. The van der Waals surface area contributed by atoms with Crippen molar-refractivity contribution in [1.82, 2.24) is 4.98 Å². The molecule has 0 saturated carbocycles. The highest BCUT2D eigenvalue weighted by Crippen LogP contribution is 2.36. The van der Waals surface area contributed by atoms with Crippen molar-refractivity contribution in [3.63, 3.8) is 0 Å². The molecule has 100 valence electrons.